The Labute approximate surface area is 123 Å². The maximum Gasteiger partial charge on any atom is 0.328 e. The van der Waals surface area contributed by atoms with Crippen molar-refractivity contribution in [3.05, 3.63) is 42.9 Å². The first-order valence-corrected chi connectivity index (χ1v) is 5.89. The molecule has 0 bridgehead atoms. The molecule has 10 heteroatoms. The maximum absolute atomic E-state index is 11.6. The van der Waals surface area contributed by atoms with Gasteiger partial charge in [0, 0.05) is 0 Å². The van der Waals surface area contributed by atoms with E-state index in [-0.39, 0.29) is 12.2 Å². The van der Waals surface area contributed by atoms with E-state index >= 15 is 0 Å². The van der Waals surface area contributed by atoms with Crippen molar-refractivity contribution in [1.82, 2.24) is 0 Å². The van der Waals surface area contributed by atoms with Gasteiger partial charge in [0.25, 0.3) is 11.4 Å². The van der Waals surface area contributed by atoms with Gasteiger partial charge in [-0.2, -0.15) is 5.26 Å². The summed E-state index contributed by atoms with van der Waals surface area (Å²) in [5.74, 6) is -2.59. The van der Waals surface area contributed by atoms with E-state index in [1.165, 1.54) is 6.92 Å². The molecule has 1 aromatic rings. The van der Waals surface area contributed by atoms with Crippen LogP contribution in [0.25, 0.3) is 0 Å². The number of nitro benzene ring substituents is 2. The minimum Gasteiger partial charge on any atom is -0.465 e. The number of nitriles is 1. The lowest BCUT2D eigenvalue weighted by molar-refractivity contribution is -0.394. The number of benzene rings is 1. The zero-order chi connectivity index (χ0) is 16.2. The standard InChI is InChI=1S/C11H8ClN3O6/c1-2-21-11(16)7(5-13)6-3-8(12)10(15(19)20)4-9(6)14(17)18/h3-4,7H,2H2,1H3. The van der Waals surface area contributed by atoms with Crippen molar-refractivity contribution in [2.24, 2.45) is 0 Å². The van der Waals surface area contributed by atoms with Gasteiger partial charge in [0.15, 0.2) is 5.92 Å². The largest absolute Gasteiger partial charge is 0.465 e. The molecule has 110 valence electrons. The van der Waals surface area contributed by atoms with E-state index in [1.807, 2.05) is 0 Å². The number of carbonyl (C=O) groups is 1. The maximum atomic E-state index is 11.6. The van der Waals surface area contributed by atoms with Crippen LogP contribution in [0.3, 0.4) is 0 Å². The number of halogens is 1. The van der Waals surface area contributed by atoms with Crippen LogP contribution in [0, 0.1) is 31.6 Å². The van der Waals surface area contributed by atoms with Crippen LogP contribution in [0.15, 0.2) is 12.1 Å². The Morgan fingerprint density at radius 1 is 1.38 bits per heavy atom. The second kappa shape index (κ2) is 6.62. The molecule has 1 atom stereocenters. The average Bonchev–Trinajstić information content (AvgIpc) is 2.39. The fourth-order valence-corrected chi connectivity index (χ4v) is 1.81. The lowest BCUT2D eigenvalue weighted by Gasteiger charge is -2.09. The first-order chi connectivity index (χ1) is 9.83. The Bertz CT molecular complexity index is 654. The molecular weight excluding hydrogens is 306 g/mol. The summed E-state index contributed by atoms with van der Waals surface area (Å²) in [7, 11) is 0. The molecule has 1 aromatic carbocycles. The molecule has 0 aliphatic rings. The van der Waals surface area contributed by atoms with Crippen molar-refractivity contribution in [3.8, 4) is 6.07 Å². The van der Waals surface area contributed by atoms with Gasteiger partial charge in [0.1, 0.15) is 5.02 Å². The van der Waals surface area contributed by atoms with Crippen LogP contribution < -0.4 is 0 Å². The third-order valence-electron chi connectivity index (χ3n) is 2.45. The van der Waals surface area contributed by atoms with Crippen LogP contribution in [0.5, 0.6) is 0 Å². The number of carbonyl (C=O) groups excluding carboxylic acids is 1. The minimum absolute atomic E-state index is 0.0223. The van der Waals surface area contributed by atoms with E-state index in [0.29, 0.717) is 6.07 Å². The van der Waals surface area contributed by atoms with Crippen molar-refractivity contribution < 1.29 is 19.4 Å². The summed E-state index contributed by atoms with van der Waals surface area (Å²) < 4.78 is 4.64. The third-order valence-corrected chi connectivity index (χ3v) is 2.75. The highest BCUT2D eigenvalue weighted by Crippen LogP contribution is 2.36. The van der Waals surface area contributed by atoms with Gasteiger partial charge in [0.2, 0.25) is 0 Å². The minimum atomic E-state index is -1.59. The quantitative estimate of drug-likeness (QED) is 0.462. The van der Waals surface area contributed by atoms with Gasteiger partial charge in [-0.05, 0) is 13.0 Å². The van der Waals surface area contributed by atoms with Crippen LogP contribution in [-0.4, -0.2) is 22.4 Å². The molecule has 1 rings (SSSR count). The monoisotopic (exact) mass is 313 g/mol. The summed E-state index contributed by atoms with van der Waals surface area (Å²) in [6.45, 7) is 1.48. The average molecular weight is 314 g/mol. The van der Waals surface area contributed by atoms with Gasteiger partial charge < -0.3 is 4.74 Å². The highest BCUT2D eigenvalue weighted by Gasteiger charge is 2.32. The van der Waals surface area contributed by atoms with E-state index in [1.54, 1.807) is 6.07 Å². The van der Waals surface area contributed by atoms with Crippen LogP contribution in [0.1, 0.15) is 18.4 Å². The Kier molecular flexibility index (Phi) is 5.15. The number of hydrogen-bond donors (Lipinski definition) is 0. The summed E-state index contributed by atoms with van der Waals surface area (Å²) in [6.07, 6.45) is 0. The van der Waals surface area contributed by atoms with Crippen LogP contribution in [-0.2, 0) is 9.53 Å². The second-order valence-corrected chi connectivity index (χ2v) is 4.10. The Balaban J connectivity index is 3.51. The highest BCUT2D eigenvalue weighted by molar-refractivity contribution is 6.32. The van der Waals surface area contributed by atoms with Gasteiger partial charge >= 0.3 is 5.97 Å². The number of esters is 1. The van der Waals surface area contributed by atoms with Crippen molar-refractivity contribution in [1.29, 1.82) is 5.26 Å². The fourth-order valence-electron chi connectivity index (χ4n) is 1.57. The molecule has 0 fully saturated rings. The van der Waals surface area contributed by atoms with E-state index in [9.17, 15) is 25.0 Å². The highest BCUT2D eigenvalue weighted by atomic mass is 35.5. The van der Waals surface area contributed by atoms with Gasteiger partial charge in [0.05, 0.1) is 34.2 Å². The molecular formula is C11H8ClN3O6. The predicted octanol–water partition coefficient (Wildman–Crippen LogP) is 2.33. The van der Waals surface area contributed by atoms with E-state index < -0.39 is 38.1 Å². The van der Waals surface area contributed by atoms with Gasteiger partial charge in [-0.25, -0.2) is 0 Å². The number of nitrogens with zero attached hydrogens (tertiary/aromatic N) is 3. The molecule has 9 nitrogen and oxygen atoms in total. The fraction of sp³-hybridized carbons (Fsp3) is 0.273. The topological polar surface area (TPSA) is 136 Å². The van der Waals surface area contributed by atoms with Crippen LogP contribution in [0.4, 0.5) is 11.4 Å². The van der Waals surface area contributed by atoms with E-state index in [2.05, 4.69) is 4.74 Å². The molecule has 0 saturated heterocycles. The van der Waals surface area contributed by atoms with E-state index in [0.717, 1.165) is 6.07 Å². The van der Waals surface area contributed by atoms with E-state index in [4.69, 9.17) is 16.9 Å². The molecule has 1 unspecified atom stereocenters. The molecule has 0 aliphatic carbocycles. The van der Waals surface area contributed by atoms with Gasteiger partial charge in [-0.3, -0.25) is 25.0 Å². The summed E-state index contributed by atoms with van der Waals surface area (Å²) in [5, 5.41) is 30.3. The molecule has 0 amide bonds. The van der Waals surface area contributed by atoms with Gasteiger partial charge in [-0.15, -0.1) is 0 Å². The molecule has 0 N–H and O–H groups in total. The summed E-state index contributed by atoms with van der Waals surface area (Å²) in [5.41, 5.74) is -1.78. The molecule has 0 aromatic heterocycles. The lowest BCUT2D eigenvalue weighted by Crippen LogP contribution is -2.16. The lowest BCUT2D eigenvalue weighted by atomic mass is 9.98. The second-order valence-electron chi connectivity index (χ2n) is 3.69. The SMILES string of the molecule is CCOC(=O)C(C#N)c1cc(Cl)c([N+](=O)[O-])cc1[N+](=O)[O-]. The third kappa shape index (κ3) is 3.43. The Morgan fingerprint density at radius 2 is 1.95 bits per heavy atom. The molecule has 0 spiro atoms. The summed E-state index contributed by atoms with van der Waals surface area (Å²) in [4.78, 5) is 31.5. The number of rotatable bonds is 5. The smallest absolute Gasteiger partial charge is 0.328 e. The zero-order valence-electron chi connectivity index (χ0n) is 10.6. The Morgan fingerprint density at radius 3 is 2.38 bits per heavy atom. The molecule has 0 heterocycles. The Hall–Kier alpha value is -2.73. The number of ether oxygens (including phenoxy) is 1. The summed E-state index contributed by atoms with van der Waals surface area (Å²) in [6, 6.07) is 3.04. The first-order valence-electron chi connectivity index (χ1n) is 5.51. The van der Waals surface area contributed by atoms with Gasteiger partial charge in [-0.1, -0.05) is 11.6 Å². The van der Waals surface area contributed by atoms with Crippen molar-refractivity contribution in [2.45, 2.75) is 12.8 Å². The first kappa shape index (κ1) is 16.3. The molecule has 0 saturated carbocycles. The number of nitro groups is 2. The molecule has 0 radical (unpaired) electrons. The van der Waals surface area contributed by atoms with Crippen molar-refractivity contribution in [2.75, 3.05) is 6.61 Å². The van der Waals surface area contributed by atoms with Crippen LogP contribution >= 0.6 is 11.6 Å². The summed E-state index contributed by atoms with van der Waals surface area (Å²) >= 11 is 5.66. The van der Waals surface area contributed by atoms with Crippen molar-refractivity contribution in [3.63, 3.8) is 0 Å². The normalized spacial score (nSPS) is 11.3. The number of hydrogen-bond acceptors (Lipinski definition) is 7. The van der Waals surface area contributed by atoms with Crippen LogP contribution in [0.2, 0.25) is 5.02 Å². The zero-order valence-corrected chi connectivity index (χ0v) is 11.4. The predicted molar refractivity (Wildman–Crippen MR) is 69.7 cm³/mol. The van der Waals surface area contributed by atoms with Crippen molar-refractivity contribution >= 4 is 28.9 Å². The molecule has 0 aliphatic heterocycles. The molecule has 21 heavy (non-hydrogen) atoms.